The second-order valence-electron chi connectivity index (χ2n) is 6.70. The number of hydrogen-bond donors (Lipinski definition) is 3. The smallest absolute Gasteiger partial charge is 0.257 e. The average molecular weight is 425 g/mol. The van der Waals surface area contributed by atoms with Crippen LogP contribution in [0.25, 0.3) is 0 Å². The number of nitrogens with two attached hydrogens (primary N) is 1. The van der Waals surface area contributed by atoms with Crippen molar-refractivity contribution >= 4 is 21.8 Å². The predicted molar refractivity (Wildman–Crippen MR) is 102 cm³/mol. The average Bonchev–Trinajstić information content (AvgIpc) is 2.63. The van der Waals surface area contributed by atoms with E-state index in [1.807, 2.05) is 0 Å². The van der Waals surface area contributed by atoms with Gasteiger partial charge in [0.2, 0.25) is 15.9 Å². The summed E-state index contributed by atoms with van der Waals surface area (Å²) in [6.45, 7) is 3.39. The Hall–Kier alpha value is -2.85. The van der Waals surface area contributed by atoms with E-state index in [9.17, 15) is 26.8 Å². The number of halogens is 2. The maximum atomic E-state index is 13.8. The molecule has 0 heterocycles. The van der Waals surface area contributed by atoms with Gasteiger partial charge in [0.1, 0.15) is 23.2 Å². The Labute approximate surface area is 167 Å². The molecule has 0 saturated heterocycles. The molecular formula is C19H21F2N3O4S. The first-order valence-corrected chi connectivity index (χ1v) is 10.2. The molecule has 7 nitrogen and oxygen atoms in total. The molecule has 2 rings (SSSR count). The summed E-state index contributed by atoms with van der Waals surface area (Å²) in [5.41, 5.74) is -0.163. The lowest BCUT2D eigenvalue weighted by molar-refractivity contribution is -0.124. The molecule has 0 fully saturated rings. The Morgan fingerprint density at radius 3 is 2.07 bits per heavy atom. The van der Waals surface area contributed by atoms with Crippen molar-refractivity contribution in [3.8, 4) is 0 Å². The highest BCUT2D eigenvalue weighted by Crippen LogP contribution is 2.14. The van der Waals surface area contributed by atoms with Crippen molar-refractivity contribution in [2.24, 2.45) is 11.1 Å². The quantitative estimate of drug-likeness (QED) is 0.625. The number of hydrogen-bond acceptors (Lipinski definition) is 4. The molecule has 0 unspecified atom stereocenters. The molecule has 0 bridgehead atoms. The summed E-state index contributed by atoms with van der Waals surface area (Å²) in [5.74, 6) is -4.01. The maximum absolute atomic E-state index is 13.8. The second kappa shape index (κ2) is 9.10. The molecule has 10 heteroatoms. The molecule has 4 N–H and O–H groups in total. The molecule has 0 spiro atoms. The summed E-state index contributed by atoms with van der Waals surface area (Å²) >= 11 is 0. The van der Waals surface area contributed by atoms with Crippen LogP contribution in [-0.4, -0.2) is 26.3 Å². The van der Waals surface area contributed by atoms with Gasteiger partial charge in [-0.25, -0.2) is 22.3 Å². The molecule has 29 heavy (non-hydrogen) atoms. The maximum Gasteiger partial charge on any atom is 0.257 e. The fraction of sp³-hybridized carbons (Fsp3) is 0.263. The summed E-state index contributed by atoms with van der Waals surface area (Å²) in [4.78, 5) is 24.7. The van der Waals surface area contributed by atoms with E-state index >= 15 is 0 Å². The molecule has 0 aliphatic rings. The normalized spacial score (nSPS) is 12.5. The lowest BCUT2D eigenvalue weighted by Crippen LogP contribution is -2.49. The highest BCUT2D eigenvalue weighted by atomic mass is 32.2. The van der Waals surface area contributed by atoms with Crippen molar-refractivity contribution in [3.63, 3.8) is 0 Å². The zero-order valence-electron chi connectivity index (χ0n) is 15.8. The third-order valence-corrected chi connectivity index (χ3v) is 5.07. The van der Waals surface area contributed by atoms with Crippen LogP contribution in [0.4, 0.5) is 8.78 Å². The summed E-state index contributed by atoms with van der Waals surface area (Å²) in [6.07, 6.45) is 0. The number of amides is 2. The Morgan fingerprint density at radius 2 is 1.59 bits per heavy atom. The fourth-order valence-electron chi connectivity index (χ4n) is 2.56. The Kier molecular flexibility index (Phi) is 7.04. The first-order valence-electron chi connectivity index (χ1n) is 8.65. The van der Waals surface area contributed by atoms with E-state index in [-0.39, 0.29) is 17.4 Å². The van der Waals surface area contributed by atoms with Gasteiger partial charge in [-0.3, -0.25) is 9.59 Å². The molecule has 156 valence electrons. The van der Waals surface area contributed by atoms with Crippen LogP contribution in [0.15, 0.2) is 47.4 Å². The third kappa shape index (κ3) is 5.81. The van der Waals surface area contributed by atoms with E-state index < -0.39 is 45.1 Å². The first kappa shape index (κ1) is 22.4. The van der Waals surface area contributed by atoms with E-state index in [1.54, 1.807) is 13.8 Å². The Morgan fingerprint density at radius 1 is 1.03 bits per heavy atom. The minimum atomic E-state index is -3.82. The topological polar surface area (TPSA) is 118 Å². The number of primary sulfonamides is 1. The van der Waals surface area contributed by atoms with Gasteiger partial charge in [0.05, 0.1) is 4.90 Å². The lowest BCUT2D eigenvalue weighted by atomic mass is 10.0. The van der Waals surface area contributed by atoms with Gasteiger partial charge in [0, 0.05) is 6.54 Å². The van der Waals surface area contributed by atoms with Crippen LogP contribution < -0.4 is 15.8 Å². The Balaban J connectivity index is 2.07. The van der Waals surface area contributed by atoms with E-state index in [0.29, 0.717) is 5.56 Å². The van der Waals surface area contributed by atoms with Crippen LogP contribution in [0.1, 0.15) is 29.8 Å². The summed E-state index contributed by atoms with van der Waals surface area (Å²) < 4.78 is 50.1. The molecule has 0 aliphatic carbocycles. The predicted octanol–water partition coefficient (Wildman–Crippen LogP) is 1.68. The molecule has 0 aliphatic heterocycles. The van der Waals surface area contributed by atoms with Gasteiger partial charge >= 0.3 is 0 Å². The minimum absolute atomic E-state index is 0.0525. The van der Waals surface area contributed by atoms with Gasteiger partial charge in [0.25, 0.3) is 5.91 Å². The van der Waals surface area contributed by atoms with Crippen molar-refractivity contribution in [2.45, 2.75) is 31.3 Å². The number of rotatable bonds is 7. The van der Waals surface area contributed by atoms with Crippen LogP contribution in [0.5, 0.6) is 0 Å². The van der Waals surface area contributed by atoms with Gasteiger partial charge in [-0.1, -0.05) is 32.0 Å². The first-order chi connectivity index (χ1) is 13.5. The third-order valence-electron chi connectivity index (χ3n) is 4.14. The van der Waals surface area contributed by atoms with Gasteiger partial charge in [-0.05, 0) is 35.7 Å². The summed E-state index contributed by atoms with van der Waals surface area (Å²) in [7, 11) is -3.82. The molecule has 0 aromatic heterocycles. The molecule has 2 aromatic carbocycles. The largest absolute Gasteiger partial charge is 0.350 e. The molecule has 1 atom stereocenters. The number of nitrogens with one attached hydrogen (secondary N) is 2. The van der Waals surface area contributed by atoms with Crippen LogP contribution in [-0.2, 0) is 21.4 Å². The molecule has 2 aromatic rings. The van der Waals surface area contributed by atoms with Crippen molar-refractivity contribution in [1.29, 1.82) is 0 Å². The number of benzene rings is 2. The fourth-order valence-corrected chi connectivity index (χ4v) is 3.07. The van der Waals surface area contributed by atoms with Crippen molar-refractivity contribution < 1.29 is 26.8 Å². The van der Waals surface area contributed by atoms with Gasteiger partial charge < -0.3 is 10.6 Å². The van der Waals surface area contributed by atoms with Crippen molar-refractivity contribution in [3.05, 3.63) is 65.2 Å². The van der Waals surface area contributed by atoms with Crippen molar-refractivity contribution in [2.75, 3.05) is 0 Å². The number of carbonyl (C=O) groups is 2. The van der Waals surface area contributed by atoms with Crippen LogP contribution in [0, 0.1) is 17.6 Å². The molecule has 2 amide bonds. The van der Waals surface area contributed by atoms with Gasteiger partial charge in [-0.15, -0.1) is 0 Å². The highest BCUT2D eigenvalue weighted by Gasteiger charge is 2.27. The highest BCUT2D eigenvalue weighted by molar-refractivity contribution is 7.89. The lowest BCUT2D eigenvalue weighted by Gasteiger charge is -2.22. The van der Waals surface area contributed by atoms with E-state index in [4.69, 9.17) is 5.14 Å². The second-order valence-corrected chi connectivity index (χ2v) is 8.26. The van der Waals surface area contributed by atoms with Crippen LogP contribution in [0.3, 0.4) is 0 Å². The van der Waals surface area contributed by atoms with Crippen LogP contribution in [0.2, 0.25) is 0 Å². The van der Waals surface area contributed by atoms with Crippen molar-refractivity contribution in [1.82, 2.24) is 10.6 Å². The zero-order valence-corrected chi connectivity index (χ0v) is 16.6. The summed E-state index contributed by atoms with van der Waals surface area (Å²) in [6, 6.07) is 7.58. The SMILES string of the molecule is CC(C)[C@H](NC(=O)c1c(F)cccc1F)C(=O)NCc1ccc(S(N)(=O)=O)cc1. The molecular weight excluding hydrogens is 404 g/mol. The number of carbonyl (C=O) groups excluding carboxylic acids is 2. The van der Waals surface area contributed by atoms with Gasteiger partial charge in [-0.2, -0.15) is 0 Å². The van der Waals surface area contributed by atoms with E-state index in [0.717, 1.165) is 18.2 Å². The standard InChI is InChI=1S/C19H21F2N3O4S/c1-11(2)17(24-18(25)16-14(20)4-3-5-15(16)21)19(26)23-10-12-6-8-13(9-7-12)29(22,27)28/h3-9,11,17H,10H2,1-2H3,(H,23,26)(H,24,25)(H2,22,27,28)/t17-/m0/s1. The van der Waals surface area contributed by atoms with Crippen LogP contribution >= 0.6 is 0 Å². The van der Waals surface area contributed by atoms with E-state index in [2.05, 4.69) is 10.6 Å². The molecule has 0 radical (unpaired) electrons. The summed E-state index contributed by atoms with van der Waals surface area (Å²) in [5, 5.41) is 9.98. The van der Waals surface area contributed by atoms with Gasteiger partial charge in [0.15, 0.2) is 0 Å². The zero-order chi connectivity index (χ0) is 21.8. The van der Waals surface area contributed by atoms with E-state index in [1.165, 1.54) is 24.3 Å². The molecule has 0 saturated carbocycles. The Bertz CT molecular complexity index is 988. The monoisotopic (exact) mass is 425 g/mol. The minimum Gasteiger partial charge on any atom is -0.350 e. The number of sulfonamides is 1.